The van der Waals surface area contributed by atoms with Crippen LogP contribution in [0.2, 0.25) is 0 Å². The van der Waals surface area contributed by atoms with Crippen LogP contribution in [0.5, 0.6) is 5.75 Å². The number of amides is 2. The van der Waals surface area contributed by atoms with E-state index in [1.54, 1.807) is 17.0 Å². The molecule has 0 aliphatic carbocycles. The van der Waals surface area contributed by atoms with Crippen LogP contribution in [0.3, 0.4) is 0 Å². The number of nitrogens with two attached hydrogens (primary N) is 1. The SMILES string of the molecule is CC1(CN)CCN(C(=O)CN2C(=O)COc3cc(Br)ccc32)C1.Cl. The van der Waals surface area contributed by atoms with E-state index >= 15 is 0 Å². The van der Waals surface area contributed by atoms with Crippen LogP contribution in [0.1, 0.15) is 13.3 Å². The molecule has 1 aromatic rings. The van der Waals surface area contributed by atoms with E-state index in [4.69, 9.17) is 10.5 Å². The average molecular weight is 419 g/mol. The molecule has 0 aromatic heterocycles. The van der Waals surface area contributed by atoms with Crippen molar-refractivity contribution in [2.24, 2.45) is 11.1 Å². The number of nitrogens with zero attached hydrogens (tertiary/aromatic N) is 2. The molecule has 24 heavy (non-hydrogen) atoms. The van der Waals surface area contributed by atoms with Gasteiger partial charge in [0.1, 0.15) is 12.3 Å². The van der Waals surface area contributed by atoms with Crippen LogP contribution in [0.25, 0.3) is 0 Å². The zero-order valence-corrected chi connectivity index (χ0v) is 15.9. The van der Waals surface area contributed by atoms with Crippen LogP contribution in [-0.4, -0.2) is 49.5 Å². The number of halogens is 2. The molecule has 2 aliphatic rings. The van der Waals surface area contributed by atoms with Gasteiger partial charge >= 0.3 is 0 Å². The third kappa shape index (κ3) is 3.68. The summed E-state index contributed by atoms with van der Waals surface area (Å²) < 4.78 is 6.31. The molecule has 1 aromatic carbocycles. The molecular formula is C16H21BrClN3O3. The molecule has 6 nitrogen and oxygen atoms in total. The number of likely N-dealkylation sites (tertiary alicyclic amines) is 1. The smallest absolute Gasteiger partial charge is 0.265 e. The van der Waals surface area contributed by atoms with Crippen molar-refractivity contribution in [1.29, 1.82) is 0 Å². The zero-order chi connectivity index (χ0) is 16.6. The largest absolute Gasteiger partial charge is 0.482 e. The van der Waals surface area contributed by atoms with Gasteiger partial charge in [-0.25, -0.2) is 0 Å². The van der Waals surface area contributed by atoms with E-state index in [1.165, 1.54) is 4.90 Å². The standard InChI is InChI=1S/C16H20BrN3O3.ClH/c1-16(9-18)4-5-19(10-16)14(21)7-20-12-3-2-11(17)6-13(12)23-8-15(20)22;/h2-3,6H,4-5,7-10,18H2,1H3;1H. The fourth-order valence-corrected chi connectivity index (χ4v) is 3.33. The molecule has 2 amide bonds. The molecule has 1 atom stereocenters. The van der Waals surface area contributed by atoms with Crippen molar-refractivity contribution >= 4 is 45.8 Å². The lowest BCUT2D eigenvalue weighted by molar-refractivity contribution is -0.131. The van der Waals surface area contributed by atoms with E-state index < -0.39 is 0 Å². The normalized spacial score (nSPS) is 22.7. The molecule has 0 bridgehead atoms. The fourth-order valence-electron chi connectivity index (χ4n) is 2.99. The summed E-state index contributed by atoms with van der Waals surface area (Å²) in [5.74, 6) is 0.361. The van der Waals surface area contributed by atoms with Crippen molar-refractivity contribution in [3.8, 4) is 5.75 Å². The summed E-state index contributed by atoms with van der Waals surface area (Å²) in [6.45, 7) is 3.98. The first-order chi connectivity index (χ1) is 10.9. The Morgan fingerprint density at radius 2 is 2.21 bits per heavy atom. The average Bonchev–Trinajstić information content (AvgIpc) is 2.93. The molecule has 2 N–H and O–H groups in total. The maximum Gasteiger partial charge on any atom is 0.265 e. The maximum atomic E-state index is 12.6. The topological polar surface area (TPSA) is 75.9 Å². The first-order valence-corrected chi connectivity index (χ1v) is 8.42. The summed E-state index contributed by atoms with van der Waals surface area (Å²) in [6.07, 6.45) is 0.899. The first kappa shape index (κ1) is 19.0. The van der Waals surface area contributed by atoms with Crippen molar-refractivity contribution < 1.29 is 14.3 Å². The molecule has 1 unspecified atom stereocenters. The van der Waals surface area contributed by atoms with Crippen LogP contribution in [0.15, 0.2) is 22.7 Å². The maximum absolute atomic E-state index is 12.6. The quantitative estimate of drug-likeness (QED) is 0.812. The molecular weight excluding hydrogens is 398 g/mol. The number of anilines is 1. The van der Waals surface area contributed by atoms with Gasteiger partial charge in [-0.2, -0.15) is 0 Å². The minimum absolute atomic E-state index is 0. The van der Waals surface area contributed by atoms with Gasteiger partial charge in [-0.15, -0.1) is 12.4 Å². The number of benzene rings is 1. The van der Waals surface area contributed by atoms with Crippen molar-refractivity contribution in [3.63, 3.8) is 0 Å². The van der Waals surface area contributed by atoms with E-state index in [0.29, 0.717) is 31.1 Å². The Bertz CT molecular complexity index is 657. The Labute approximate surface area is 155 Å². The number of rotatable bonds is 3. The van der Waals surface area contributed by atoms with Crippen LogP contribution in [0.4, 0.5) is 5.69 Å². The van der Waals surface area contributed by atoms with Crippen LogP contribution >= 0.6 is 28.3 Å². The minimum Gasteiger partial charge on any atom is -0.482 e. The summed E-state index contributed by atoms with van der Waals surface area (Å²) in [5.41, 5.74) is 6.41. The fraction of sp³-hybridized carbons (Fsp3) is 0.500. The van der Waals surface area contributed by atoms with Crippen molar-refractivity contribution in [2.45, 2.75) is 13.3 Å². The Hall–Kier alpha value is -1.31. The third-order valence-electron chi connectivity index (χ3n) is 4.56. The lowest BCUT2D eigenvalue weighted by atomic mass is 9.90. The van der Waals surface area contributed by atoms with Gasteiger partial charge in [-0.1, -0.05) is 22.9 Å². The second kappa shape index (κ2) is 7.29. The Morgan fingerprint density at radius 3 is 2.88 bits per heavy atom. The lowest BCUT2D eigenvalue weighted by Crippen LogP contribution is -2.46. The highest BCUT2D eigenvalue weighted by molar-refractivity contribution is 9.10. The van der Waals surface area contributed by atoms with Crippen molar-refractivity contribution in [2.75, 3.05) is 37.7 Å². The van der Waals surface area contributed by atoms with Gasteiger partial charge in [0.25, 0.3) is 5.91 Å². The van der Waals surface area contributed by atoms with Gasteiger partial charge in [0.15, 0.2) is 6.61 Å². The monoisotopic (exact) mass is 417 g/mol. The summed E-state index contributed by atoms with van der Waals surface area (Å²) in [7, 11) is 0. The lowest BCUT2D eigenvalue weighted by Gasteiger charge is -2.30. The summed E-state index contributed by atoms with van der Waals surface area (Å²) in [5, 5.41) is 0. The number of hydrogen-bond acceptors (Lipinski definition) is 4. The Morgan fingerprint density at radius 1 is 1.46 bits per heavy atom. The van der Waals surface area contributed by atoms with Gasteiger partial charge in [0.05, 0.1) is 5.69 Å². The molecule has 0 saturated carbocycles. The van der Waals surface area contributed by atoms with E-state index in [9.17, 15) is 9.59 Å². The summed E-state index contributed by atoms with van der Waals surface area (Å²) in [6, 6.07) is 5.43. The van der Waals surface area contributed by atoms with E-state index in [2.05, 4.69) is 22.9 Å². The molecule has 2 aliphatic heterocycles. The molecule has 0 radical (unpaired) electrons. The summed E-state index contributed by atoms with van der Waals surface area (Å²) in [4.78, 5) is 28.1. The number of hydrogen-bond donors (Lipinski definition) is 1. The second-order valence-corrected chi connectivity index (χ2v) is 7.38. The highest BCUT2D eigenvalue weighted by Gasteiger charge is 2.36. The Kier molecular flexibility index (Phi) is 5.78. The highest BCUT2D eigenvalue weighted by Crippen LogP contribution is 2.35. The molecule has 2 heterocycles. The van der Waals surface area contributed by atoms with Crippen LogP contribution in [0, 0.1) is 5.41 Å². The van der Waals surface area contributed by atoms with Gasteiger partial charge in [0.2, 0.25) is 5.91 Å². The number of carbonyl (C=O) groups is 2. The second-order valence-electron chi connectivity index (χ2n) is 6.46. The van der Waals surface area contributed by atoms with Gasteiger partial charge in [-0.3, -0.25) is 14.5 Å². The van der Waals surface area contributed by atoms with Gasteiger partial charge < -0.3 is 15.4 Å². The third-order valence-corrected chi connectivity index (χ3v) is 5.05. The van der Waals surface area contributed by atoms with E-state index in [0.717, 1.165) is 10.9 Å². The molecule has 132 valence electrons. The van der Waals surface area contributed by atoms with Crippen LogP contribution < -0.4 is 15.4 Å². The highest BCUT2D eigenvalue weighted by atomic mass is 79.9. The summed E-state index contributed by atoms with van der Waals surface area (Å²) >= 11 is 3.38. The van der Waals surface area contributed by atoms with Crippen molar-refractivity contribution in [3.05, 3.63) is 22.7 Å². The van der Waals surface area contributed by atoms with E-state index in [1.807, 2.05) is 6.07 Å². The van der Waals surface area contributed by atoms with E-state index in [-0.39, 0.29) is 42.8 Å². The molecule has 1 fully saturated rings. The molecule has 3 rings (SSSR count). The predicted octanol–water partition coefficient (Wildman–Crippen LogP) is 1.79. The molecule has 8 heteroatoms. The van der Waals surface area contributed by atoms with Crippen LogP contribution in [-0.2, 0) is 9.59 Å². The molecule has 0 spiro atoms. The number of fused-ring (bicyclic) bond motifs is 1. The Balaban J connectivity index is 0.00000208. The first-order valence-electron chi connectivity index (χ1n) is 7.62. The minimum atomic E-state index is -0.200. The number of ether oxygens (including phenoxy) is 1. The van der Waals surface area contributed by atoms with Gasteiger partial charge in [0, 0.05) is 17.6 Å². The number of carbonyl (C=O) groups excluding carboxylic acids is 2. The molecule has 1 saturated heterocycles. The van der Waals surface area contributed by atoms with Crippen molar-refractivity contribution in [1.82, 2.24) is 4.90 Å². The van der Waals surface area contributed by atoms with Gasteiger partial charge in [-0.05, 0) is 36.6 Å². The predicted molar refractivity (Wildman–Crippen MR) is 97.6 cm³/mol. The zero-order valence-electron chi connectivity index (χ0n) is 13.5.